The van der Waals surface area contributed by atoms with Crippen molar-refractivity contribution in [2.45, 2.75) is 44.6 Å². The van der Waals surface area contributed by atoms with E-state index in [1.165, 1.54) is 49.9 Å². The van der Waals surface area contributed by atoms with E-state index in [1.807, 2.05) is 7.05 Å². The Bertz CT molecular complexity index is 297. The second-order valence-electron chi connectivity index (χ2n) is 4.66. The summed E-state index contributed by atoms with van der Waals surface area (Å²) in [7, 11) is 1.95. The zero-order valence-electron chi connectivity index (χ0n) is 10.1. The van der Waals surface area contributed by atoms with Crippen LogP contribution in [-0.2, 0) is 0 Å². The molecule has 88 valence electrons. The van der Waals surface area contributed by atoms with Gasteiger partial charge in [-0.1, -0.05) is 25.7 Å². The third kappa shape index (κ3) is 3.16. The van der Waals surface area contributed by atoms with Gasteiger partial charge in [0.25, 0.3) is 0 Å². The summed E-state index contributed by atoms with van der Waals surface area (Å²) in [4.78, 5) is 0. The fourth-order valence-corrected chi connectivity index (χ4v) is 2.39. The molecule has 2 heteroatoms. The van der Waals surface area contributed by atoms with Crippen LogP contribution in [0, 0.1) is 0 Å². The first kappa shape index (κ1) is 11.3. The van der Waals surface area contributed by atoms with Gasteiger partial charge in [0.15, 0.2) is 0 Å². The second kappa shape index (κ2) is 5.78. The van der Waals surface area contributed by atoms with Gasteiger partial charge in [0.2, 0.25) is 0 Å². The van der Waals surface area contributed by atoms with E-state index in [9.17, 15) is 0 Å². The number of nitrogens with one attached hydrogen (secondary N) is 2. The smallest absolute Gasteiger partial charge is 0.0343 e. The summed E-state index contributed by atoms with van der Waals surface area (Å²) in [6.07, 6.45) is 8.24. The molecule has 0 aliphatic heterocycles. The Balaban J connectivity index is 1.91. The molecular weight excluding hydrogens is 196 g/mol. The van der Waals surface area contributed by atoms with Crippen LogP contribution in [0.4, 0.5) is 11.4 Å². The molecule has 1 aromatic carbocycles. The second-order valence-corrected chi connectivity index (χ2v) is 4.66. The molecule has 0 spiro atoms. The topological polar surface area (TPSA) is 24.1 Å². The first-order valence-corrected chi connectivity index (χ1v) is 6.43. The molecule has 0 amide bonds. The Labute approximate surface area is 98.4 Å². The predicted molar refractivity (Wildman–Crippen MR) is 71.1 cm³/mol. The van der Waals surface area contributed by atoms with Gasteiger partial charge in [-0.3, -0.25) is 0 Å². The summed E-state index contributed by atoms with van der Waals surface area (Å²) >= 11 is 0. The third-order valence-electron chi connectivity index (χ3n) is 3.40. The van der Waals surface area contributed by atoms with E-state index >= 15 is 0 Å². The van der Waals surface area contributed by atoms with E-state index in [4.69, 9.17) is 0 Å². The lowest BCUT2D eigenvalue weighted by atomic mass is 10.1. The minimum absolute atomic E-state index is 0.683. The number of hydrogen-bond donors (Lipinski definition) is 2. The lowest BCUT2D eigenvalue weighted by molar-refractivity contribution is 0.620. The van der Waals surface area contributed by atoms with Crippen molar-refractivity contribution in [3.63, 3.8) is 0 Å². The molecule has 1 aliphatic carbocycles. The highest BCUT2D eigenvalue weighted by Gasteiger charge is 2.11. The SMILES string of the molecule is CNc1ccc(NC2CCCCCC2)cc1. The molecule has 1 aromatic rings. The normalized spacial score (nSPS) is 17.8. The van der Waals surface area contributed by atoms with Crippen LogP contribution in [0.5, 0.6) is 0 Å². The van der Waals surface area contributed by atoms with Gasteiger partial charge in [-0.05, 0) is 37.1 Å². The van der Waals surface area contributed by atoms with E-state index in [1.54, 1.807) is 0 Å². The molecule has 16 heavy (non-hydrogen) atoms. The van der Waals surface area contributed by atoms with Crippen molar-refractivity contribution in [1.82, 2.24) is 0 Å². The maximum atomic E-state index is 3.64. The molecule has 0 bridgehead atoms. The van der Waals surface area contributed by atoms with Crippen LogP contribution in [0.25, 0.3) is 0 Å². The van der Waals surface area contributed by atoms with Crippen molar-refractivity contribution in [1.29, 1.82) is 0 Å². The van der Waals surface area contributed by atoms with E-state index in [0.717, 1.165) is 0 Å². The molecule has 2 rings (SSSR count). The fraction of sp³-hybridized carbons (Fsp3) is 0.571. The Hall–Kier alpha value is -1.18. The van der Waals surface area contributed by atoms with Gasteiger partial charge in [-0.2, -0.15) is 0 Å². The van der Waals surface area contributed by atoms with E-state index in [-0.39, 0.29) is 0 Å². The number of anilines is 2. The molecule has 0 radical (unpaired) electrons. The highest BCUT2D eigenvalue weighted by molar-refractivity contribution is 5.53. The van der Waals surface area contributed by atoms with E-state index in [2.05, 4.69) is 34.9 Å². The van der Waals surface area contributed by atoms with Crippen molar-refractivity contribution < 1.29 is 0 Å². The van der Waals surface area contributed by atoms with Crippen LogP contribution >= 0.6 is 0 Å². The van der Waals surface area contributed by atoms with Gasteiger partial charge in [0.1, 0.15) is 0 Å². The maximum absolute atomic E-state index is 3.64. The lowest BCUT2D eigenvalue weighted by Gasteiger charge is -2.17. The molecule has 0 aromatic heterocycles. The third-order valence-corrected chi connectivity index (χ3v) is 3.40. The Kier molecular flexibility index (Phi) is 4.09. The van der Waals surface area contributed by atoms with Crippen molar-refractivity contribution >= 4 is 11.4 Å². The van der Waals surface area contributed by atoms with Gasteiger partial charge < -0.3 is 10.6 Å². The fourth-order valence-electron chi connectivity index (χ4n) is 2.39. The predicted octanol–water partition coefficient (Wildman–Crippen LogP) is 3.86. The number of rotatable bonds is 3. The number of benzene rings is 1. The van der Waals surface area contributed by atoms with Crippen LogP contribution in [0.1, 0.15) is 38.5 Å². The minimum atomic E-state index is 0.683. The summed E-state index contributed by atoms with van der Waals surface area (Å²) in [5.74, 6) is 0. The minimum Gasteiger partial charge on any atom is -0.388 e. The van der Waals surface area contributed by atoms with Crippen LogP contribution in [0.2, 0.25) is 0 Å². The standard InChI is InChI=1S/C14H22N2/c1-15-12-8-10-14(11-9-12)16-13-6-4-2-3-5-7-13/h8-11,13,15-16H,2-7H2,1H3. The highest BCUT2D eigenvalue weighted by atomic mass is 14.9. The maximum Gasteiger partial charge on any atom is 0.0343 e. The quantitative estimate of drug-likeness (QED) is 0.753. The summed E-state index contributed by atoms with van der Waals surface area (Å²) in [5.41, 5.74) is 2.43. The summed E-state index contributed by atoms with van der Waals surface area (Å²) in [5, 5.41) is 6.78. The average Bonchev–Trinajstić information content (AvgIpc) is 2.59. The van der Waals surface area contributed by atoms with Crippen molar-refractivity contribution in [2.24, 2.45) is 0 Å². The molecule has 0 heterocycles. The summed E-state index contributed by atoms with van der Waals surface area (Å²) < 4.78 is 0. The Morgan fingerprint density at radius 1 is 0.875 bits per heavy atom. The average molecular weight is 218 g/mol. The van der Waals surface area contributed by atoms with Crippen molar-refractivity contribution in [3.05, 3.63) is 24.3 Å². The van der Waals surface area contributed by atoms with Gasteiger partial charge in [0, 0.05) is 24.5 Å². The highest BCUT2D eigenvalue weighted by Crippen LogP contribution is 2.21. The monoisotopic (exact) mass is 218 g/mol. The molecule has 0 saturated heterocycles. The van der Waals surface area contributed by atoms with Crippen molar-refractivity contribution in [2.75, 3.05) is 17.7 Å². The first-order valence-electron chi connectivity index (χ1n) is 6.43. The summed E-state index contributed by atoms with van der Waals surface area (Å²) in [6, 6.07) is 9.26. The Morgan fingerprint density at radius 3 is 2.00 bits per heavy atom. The van der Waals surface area contributed by atoms with Crippen LogP contribution < -0.4 is 10.6 Å². The van der Waals surface area contributed by atoms with Crippen LogP contribution in [0.3, 0.4) is 0 Å². The lowest BCUT2D eigenvalue weighted by Crippen LogP contribution is -2.18. The molecular formula is C14H22N2. The van der Waals surface area contributed by atoms with E-state index < -0.39 is 0 Å². The van der Waals surface area contributed by atoms with Crippen molar-refractivity contribution in [3.8, 4) is 0 Å². The first-order chi connectivity index (χ1) is 7.88. The Morgan fingerprint density at radius 2 is 1.44 bits per heavy atom. The van der Waals surface area contributed by atoms with Gasteiger partial charge in [-0.15, -0.1) is 0 Å². The molecule has 1 fully saturated rings. The van der Waals surface area contributed by atoms with Gasteiger partial charge in [0.05, 0.1) is 0 Å². The van der Waals surface area contributed by atoms with E-state index in [0.29, 0.717) is 6.04 Å². The molecule has 1 aliphatic rings. The van der Waals surface area contributed by atoms with Gasteiger partial charge >= 0.3 is 0 Å². The van der Waals surface area contributed by atoms with Crippen LogP contribution in [-0.4, -0.2) is 13.1 Å². The molecule has 2 N–H and O–H groups in total. The summed E-state index contributed by atoms with van der Waals surface area (Å²) in [6.45, 7) is 0. The largest absolute Gasteiger partial charge is 0.388 e. The molecule has 1 saturated carbocycles. The molecule has 2 nitrogen and oxygen atoms in total. The zero-order chi connectivity index (χ0) is 11.2. The van der Waals surface area contributed by atoms with Crippen LogP contribution in [0.15, 0.2) is 24.3 Å². The molecule has 0 unspecified atom stereocenters. The van der Waals surface area contributed by atoms with Gasteiger partial charge in [-0.25, -0.2) is 0 Å². The molecule has 0 atom stereocenters. The number of hydrogen-bond acceptors (Lipinski definition) is 2. The zero-order valence-corrected chi connectivity index (χ0v) is 10.1.